The first kappa shape index (κ1) is 16.0. The summed E-state index contributed by atoms with van der Waals surface area (Å²) in [4.78, 5) is 0.326. The van der Waals surface area contributed by atoms with Gasteiger partial charge < -0.3 is 5.32 Å². The molecule has 0 spiro atoms. The Balaban J connectivity index is 2.66. The molecule has 0 aromatic heterocycles. The molecule has 0 amide bonds. The summed E-state index contributed by atoms with van der Waals surface area (Å²) in [6, 6.07) is 6.99. The SMILES string of the molecule is CCCCCCNS(=O)(=O)c1ccccc1NCC. The van der Waals surface area contributed by atoms with Crippen LogP contribution in [-0.4, -0.2) is 21.5 Å². The summed E-state index contributed by atoms with van der Waals surface area (Å²) >= 11 is 0. The predicted octanol–water partition coefficient (Wildman–Crippen LogP) is 2.98. The Labute approximate surface area is 116 Å². The number of unbranched alkanes of at least 4 members (excludes halogenated alkanes) is 3. The maximum atomic E-state index is 12.2. The maximum Gasteiger partial charge on any atom is 0.242 e. The number of sulfonamides is 1. The van der Waals surface area contributed by atoms with E-state index in [1.165, 1.54) is 0 Å². The van der Waals surface area contributed by atoms with Crippen molar-refractivity contribution in [1.29, 1.82) is 0 Å². The van der Waals surface area contributed by atoms with Crippen molar-refractivity contribution < 1.29 is 8.42 Å². The van der Waals surface area contributed by atoms with Crippen molar-refractivity contribution in [1.82, 2.24) is 4.72 Å². The average molecular weight is 284 g/mol. The number of anilines is 1. The highest BCUT2D eigenvalue weighted by Gasteiger charge is 2.16. The highest BCUT2D eigenvalue weighted by molar-refractivity contribution is 7.89. The van der Waals surface area contributed by atoms with Crippen LogP contribution in [0.4, 0.5) is 5.69 Å². The van der Waals surface area contributed by atoms with Crippen LogP contribution in [-0.2, 0) is 10.0 Å². The van der Waals surface area contributed by atoms with Gasteiger partial charge in [0.15, 0.2) is 0 Å². The first-order valence-electron chi connectivity index (χ1n) is 6.94. The third-order valence-corrected chi connectivity index (χ3v) is 4.39. The smallest absolute Gasteiger partial charge is 0.242 e. The maximum absolute atomic E-state index is 12.2. The van der Waals surface area contributed by atoms with Gasteiger partial charge in [-0.15, -0.1) is 0 Å². The zero-order chi connectivity index (χ0) is 14.1. The molecular formula is C14H24N2O2S. The molecule has 0 unspecified atom stereocenters. The number of rotatable bonds is 9. The highest BCUT2D eigenvalue weighted by atomic mass is 32.2. The summed E-state index contributed by atoms with van der Waals surface area (Å²) in [6.07, 6.45) is 4.25. The van der Waals surface area contributed by atoms with Crippen LogP contribution in [0.25, 0.3) is 0 Å². The van der Waals surface area contributed by atoms with Crippen LogP contribution in [0.2, 0.25) is 0 Å². The first-order chi connectivity index (χ1) is 9.11. The zero-order valence-electron chi connectivity index (χ0n) is 11.8. The van der Waals surface area contributed by atoms with Crippen molar-refractivity contribution in [2.75, 3.05) is 18.4 Å². The molecule has 0 aliphatic rings. The Morgan fingerprint density at radius 2 is 1.79 bits per heavy atom. The van der Waals surface area contributed by atoms with E-state index in [1.54, 1.807) is 18.2 Å². The molecule has 0 aliphatic carbocycles. The molecule has 108 valence electrons. The summed E-state index contributed by atoms with van der Waals surface area (Å²) in [6.45, 7) is 5.28. The van der Waals surface area contributed by atoms with Crippen LogP contribution in [0.15, 0.2) is 29.2 Å². The van der Waals surface area contributed by atoms with Gasteiger partial charge in [0.2, 0.25) is 10.0 Å². The van der Waals surface area contributed by atoms with Gasteiger partial charge in [-0.2, -0.15) is 0 Å². The molecule has 1 aromatic rings. The Morgan fingerprint density at radius 1 is 1.05 bits per heavy atom. The second-order valence-corrected chi connectivity index (χ2v) is 6.22. The molecule has 0 bridgehead atoms. The average Bonchev–Trinajstić information content (AvgIpc) is 2.39. The topological polar surface area (TPSA) is 58.2 Å². The monoisotopic (exact) mass is 284 g/mol. The summed E-state index contributed by atoms with van der Waals surface area (Å²) in [5.41, 5.74) is 0.658. The quantitative estimate of drug-likeness (QED) is 0.685. The Morgan fingerprint density at radius 3 is 2.47 bits per heavy atom. The van der Waals surface area contributed by atoms with E-state index < -0.39 is 10.0 Å². The molecule has 19 heavy (non-hydrogen) atoms. The molecule has 5 heteroatoms. The minimum absolute atomic E-state index is 0.326. The van der Waals surface area contributed by atoms with Crippen molar-refractivity contribution >= 4 is 15.7 Å². The summed E-state index contributed by atoms with van der Waals surface area (Å²) in [5, 5.41) is 3.07. The molecule has 0 aliphatic heterocycles. The van der Waals surface area contributed by atoms with Gasteiger partial charge in [-0.3, -0.25) is 0 Å². The second kappa shape index (κ2) is 8.17. The van der Waals surface area contributed by atoms with Gasteiger partial charge in [0.25, 0.3) is 0 Å². The van der Waals surface area contributed by atoms with Crippen molar-refractivity contribution in [3.8, 4) is 0 Å². The molecule has 0 radical (unpaired) electrons. The molecule has 0 fully saturated rings. The minimum Gasteiger partial charge on any atom is -0.384 e. The molecule has 0 saturated heterocycles. The van der Waals surface area contributed by atoms with Gasteiger partial charge in [-0.1, -0.05) is 38.3 Å². The predicted molar refractivity (Wildman–Crippen MR) is 79.9 cm³/mol. The number of para-hydroxylation sites is 1. The number of hydrogen-bond acceptors (Lipinski definition) is 3. The zero-order valence-corrected chi connectivity index (χ0v) is 12.6. The van der Waals surface area contributed by atoms with Gasteiger partial charge in [-0.05, 0) is 25.5 Å². The van der Waals surface area contributed by atoms with Gasteiger partial charge >= 0.3 is 0 Å². The van der Waals surface area contributed by atoms with E-state index in [0.717, 1.165) is 25.7 Å². The molecule has 4 nitrogen and oxygen atoms in total. The molecule has 2 N–H and O–H groups in total. The Hall–Kier alpha value is -1.07. The lowest BCUT2D eigenvalue weighted by Gasteiger charge is -2.12. The third kappa shape index (κ3) is 5.20. The molecular weight excluding hydrogens is 260 g/mol. The molecule has 0 saturated carbocycles. The molecule has 1 rings (SSSR count). The van der Waals surface area contributed by atoms with Crippen LogP contribution >= 0.6 is 0 Å². The molecule has 0 atom stereocenters. The lowest BCUT2D eigenvalue weighted by Crippen LogP contribution is -2.25. The van der Waals surface area contributed by atoms with E-state index in [-0.39, 0.29) is 0 Å². The molecule has 0 heterocycles. The fourth-order valence-electron chi connectivity index (χ4n) is 1.87. The lowest BCUT2D eigenvalue weighted by atomic mass is 10.2. The van der Waals surface area contributed by atoms with Gasteiger partial charge in [0.05, 0.1) is 5.69 Å². The van der Waals surface area contributed by atoms with Gasteiger partial charge in [-0.25, -0.2) is 13.1 Å². The Bertz CT molecular complexity index is 472. The summed E-state index contributed by atoms with van der Waals surface area (Å²) in [5.74, 6) is 0. The van der Waals surface area contributed by atoms with E-state index in [4.69, 9.17) is 0 Å². The number of benzene rings is 1. The minimum atomic E-state index is -3.41. The van der Waals surface area contributed by atoms with E-state index in [1.807, 2.05) is 13.0 Å². The van der Waals surface area contributed by atoms with Gasteiger partial charge in [0, 0.05) is 13.1 Å². The lowest BCUT2D eigenvalue weighted by molar-refractivity contribution is 0.574. The second-order valence-electron chi connectivity index (χ2n) is 4.48. The first-order valence-corrected chi connectivity index (χ1v) is 8.42. The van der Waals surface area contributed by atoms with Crippen LogP contribution in [0.1, 0.15) is 39.5 Å². The van der Waals surface area contributed by atoms with Crippen molar-refractivity contribution in [2.24, 2.45) is 0 Å². The van der Waals surface area contributed by atoms with Crippen LogP contribution < -0.4 is 10.0 Å². The van der Waals surface area contributed by atoms with Crippen molar-refractivity contribution in [2.45, 2.75) is 44.4 Å². The summed E-state index contributed by atoms with van der Waals surface area (Å²) < 4.78 is 27.1. The highest BCUT2D eigenvalue weighted by Crippen LogP contribution is 2.20. The summed E-state index contributed by atoms with van der Waals surface area (Å²) in [7, 11) is -3.41. The van der Waals surface area contributed by atoms with Crippen LogP contribution in [0, 0.1) is 0 Å². The third-order valence-electron chi connectivity index (χ3n) is 2.87. The Kier molecular flexibility index (Phi) is 6.87. The van der Waals surface area contributed by atoms with E-state index in [2.05, 4.69) is 17.0 Å². The standard InChI is InChI=1S/C14H24N2O2S/c1-3-5-6-9-12-16-19(17,18)14-11-8-7-10-13(14)15-4-2/h7-8,10-11,15-16H,3-6,9,12H2,1-2H3. The number of hydrogen-bond donors (Lipinski definition) is 2. The fourth-order valence-corrected chi connectivity index (χ4v) is 3.13. The van der Waals surface area contributed by atoms with Gasteiger partial charge in [0.1, 0.15) is 4.90 Å². The van der Waals surface area contributed by atoms with E-state index in [0.29, 0.717) is 23.7 Å². The molecule has 1 aromatic carbocycles. The van der Waals surface area contributed by atoms with Crippen molar-refractivity contribution in [3.63, 3.8) is 0 Å². The van der Waals surface area contributed by atoms with Crippen LogP contribution in [0.3, 0.4) is 0 Å². The normalized spacial score (nSPS) is 11.5. The van der Waals surface area contributed by atoms with Crippen molar-refractivity contribution in [3.05, 3.63) is 24.3 Å². The van der Waals surface area contributed by atoms with E-state index >= 15 is 0 Å². The van der Waals surface area contributed by atoms with E-state index in [9.17, 15) is 8.42 Å². The van der Waals surface area contributed by atoms with Crippen LogP contribution in [0.5, 0.6) is 0 Å². The fraction of sp³-hybridized carbons (Fsp3) is 0.571. The largest absolute Gasteiger partial charge is 0.384 e. The number of nitrogens with one attached hydrogen (secondary N) is 2.